The summed E-state index contributed by atoms with van der Waals surface area (Å²) in [6, 6.07) is 0. The molecule has 0 aromatic rings. The predicted octanol–water partition coefficient (Wildman–Crippen LogP) is 0.948. The van der Waals surface area contributed by atoms with E-state index in [-0.39, 0.29) is 13.2 Å². The predicted molar refractivity (Wildman–Crippen MR) is 67.3 cm³/mol. The first-order chi connectivity index (χ1) is 9.58. The van der Waals surface area contributed by atoms with Crippen LogP contribution in [0, 0.1) is 0 Å². The molecular weight excluding hydrogens is 291 g/mol. The SMILES string of the molecule is CCO[P@@]1(=O)OC[C@H]2OC(OC)C(OC)C(OC)[C@@H]2O1. The van der Waals surface area contributed by atoms with Gasteiger partial charge in [-0.05, 0) is 6.92 Å². The molecule has 2 saturated heterocycles. The van der Waals surface area contributed by atoms with Crippen molar-refractivity contribution in [2.45, 2.75) is 37.6 Å². The van der Waals surface area contributed by atoms with Crippen LogP contribution in [-0.2, 0) is 37.1 Å². The van der Waals surface area contributed by atoms with Gasteiger partial charge in [0.2, 0.25) is 0 Å². The van der Waals surface area contributed by atoms with Crippen molar-refractivity contribution in [1.82, 2.24) is 0 Å². The summed E-state index contributed by atoms with van der Waals surface area (Å²) in [7, 11) is 0.984. The first-order valence-corrected chi connectivity index (χ1v) is 7.86. The van der Waals surface area contributed by atoms with Gasteiger partial charge in [0, 0.05) is 21.3 Å². The molecular formula is C11H21O8P. The normalized spacial score (nSPS) is 45.1. The van der Waals surface area contributed by atoms with Crippen molar-refractivity contribution in [3.63, 3.8) is 0 Å². The van der Waals surface area contributed by atoms with Gasteiger partial charge in [0.25, 0.3) is 0 Å². The van der Waals surface area contributed by atoms with E-state index in [1.165, 1.54) is 21.3 Å². The van der Waals surface area contributed by atoms with Crippen molar-refractivity contribution in [3.8, 4) is 0 Å². The maximum Gasteiger partial charge on any atom is 0.475 e. The second-order valence-corrected chi connectivity index (χ2v) is 6.03. The van der Waals surface area contributed by atoms with Crippen LogP contribution in [0.5, 0.6) is 0 Å². The second-order valence-electron chi connectivity index (χ2n) is 4.41. The molecule has 0 aromatic carbocycles. The van der Waals surface area contributed by atoms with Crippen molar-refractivity contribution in [1.29, 1.82) is 0 Å². The molecule has 0 spiro atoms. The average Bonchev–Trinajstić information content (AvgIpc) is 2.45. The Morgan fingerprint density at radius 3 is 2.40 bits per heavy atom. The largest absolute Gasteiger partial charge is 0.475 e. The maximum absolute atomic E-state index is 12.2. The van der Waals surface area contributed by atoms with E-state index in [0.29, 0.717) is 0 Å². The minimum atomic E-state index is -3.57. The van der Waals surface area contributed by atoms with Crippen molar-refractivity contribution in [2.75, 3.05) is 34.5 Å². The average molecular weight is 312 g/mol. The first-order valence-electron chi connectivity index (χ1n) is 6.40. The monoisotopic (exact) mass is 312 g/mol. The Hall–Kier alpha value is -0.0500. The van der Waals surface area contributed by atoms with Crippen molar-refractivity contribution >= 4 is 7.82 Å². The van der Waals surface area contributed by atoms with Crippen molar-refractivity contribution in [2.24, 2.45) is 0 Å². The van der Waals surface area contributed by atoms with Crippen LogP contribution in [0.1, 0.15) is 6.92 Å². The number of phosphoric acid groups is 1. The quantitative estimate of drug-likeness (QED) is 0.694. The third-order valence-corrected chi connectivity index (χ3v) is 4.84. The Kier molecular flexibility index (Phi) is 5.56. The molecule has 0 aromatic heterocycles. The highest BCUT2D eigenvalue weighted by atomic mass is 31.2. The molecule has 6 atom stereocenters. The van der Waals surface area contributed by atoms with Crippen LogP contribution in [0.15, 0.2) is 0 Å². The minimum Gasteiger partial charge on any atom is -0.376 e. The molecule has 8 nitrogen and oxygen atoms in total. The highest BCUT2D eigenvalue weighted by Crippen LogP contribution is 2.55. The highest BCUT2D eigenvalue weighted by molar-refractivity contribution is 7.48. The zero-order valence-corrected chi connectivity index (χ0v) is 12.9. The molecule has 118 valence electrons. The Morgan fingerprint density at radius 2 is 1.85 bits per heavy atom. The van der Waals surface area contributed by atoms with Gasteiger partial charge >= 0.3 is 7.82 Å². The molecule has 2 rings (SSSR count). The van der Waals surface area contributed by atoms with E-state index in [2.05, 4.69) is 0 Å². The molecule has 2 aliphatic heterocycles. The lowest BCUT2D eigenvalue weighted by Gasteiger charge is -2.47. The summed E-state index contributed by atoms with van der Waals surface area (Å²) >= 11 is 0. The number of hydrogen-bond donors (Lipinski definition) is 0. The molecule has 2 aliphatic rings. The fraction of sp³-hybridized carbons (Fsp3) is 1.00. The Bertz CT molecular complexity index is 364. The van der Waals surface area contributed by atoms with Crippen LogP contribution in [0.4, 0.5) is 0 Å². The molecule has 0 N–H and O–H groups in total. The fourth-order valence-corrected chi connectivity index (χ4v) is 3.81. The minimum absolute atomic E-state index is 0.0814. The summed E-state index contributed by atoms with van der Waals surface area (Å²) in [4.78, 5) is 0. The third-order valence-electron chi connectivity index (χ3n) is 3.30. The maximum atomic E-state index is 12.2. The van der Waals surface area contributed by atoms with Crippen molar-refractivity contribution in [3.05, 3.63) is 0 Å². The molecule has 0 aliphatic carbocycles. The number of methoxy groups -OCH3 is 3. The van der Waals surface area contributed by atoms with E-state index in [1.807, 2.05) is 0 Å². The zero-order chi connectivity index (χ0) is 14.8. The standard InChI is InChI=1S/C11H21O8P/c1-5-16-20(12)17-6-7-8(19-20)9(13-2)10(14-3)11(15-4)18-7/h7-11H,5-6H2,1-4H3/t7-,8-,9?,10?,11?,20+/m1/s1. The molecule has 2 fully saturated rings. The summed E-state index contributed by atoms with van der Waals surface area (Å²) < 4.78 is 49.6. The molecule has 0 radical (unpaired) electrons. The summed E-state index contributed by atoms with van der Waals surface area (Å²) in [6.07, 6.45) is -2.68. The van der Waals surface area contributed by atoms with Crippen LogP contribution in [0.3, 0.4) is 0 Å². The summed E-state index contributed by atoms with van der Waals surface area (Å²) in [5, 5.41) is 0. The summed E-state index contributed by atoms with van der Waals surface area (Å²) in [5.41, 5.74) is 0. The zero-order valence-electron chi connectivity index (χ0n) is 12.0. The Labute approximate surface area is 118 Å². The van der Waals surface area contributed by atoms with Gasteiger partial charge in [-0.25, -0.2) is 4.57 Å². The highest BCUT2D eigenvalue weighted by Gasteiger charge is 2.54. The van der Waals surface area contributed by atoms with E-state index < -0.39 is 38.5 Å². The van der Waals surface area contributed by atoms with E-state index in [4.69, 9.17) is 32.5 Å². The van der Waals surface area contributed by atoms with Gasteiger partial charge < -0.3 is 18.9 Å². The Balaban J connectivity index is 2.18. The lowest BCUT2D eigenvalue weighted by molar-refractivity contribution is -0.307. The number of fused-ring (bicyclic) bond motifs is 1. The number of rotatable bonds is 5. The molecule has 0 bridgehead atoms. The topological polar surface area (TPSA) is 81.7 Å². The van der Waals surface area contributed by atoms with Crippen LogP contribution < -0.4 is 0 Å². The van der Waals surface area contributed by atoms with E-state index >= 15 is 0 Å². The lowest BCUT2D eigenvalue weighted by Crippen LogP contribution is -2.62. The van der Waals surface area contributed by atoms with E-state index in [9.17, 15) is 4.57 Å². The lowest BCUT2D eigenvalue weighted by atomic mass is 9.99. The number of phosphoric ester groups is 1. The van der Waals surface area contributed by atoms with Gasteiger partial charge in [-0.2, -0.15) is 0 Å². The van der Waals surface area contributed by atoms with Crippen LogP contribution in [-0.4, -0.2) is 65.2 Å². The molecule has 0 amide bonds. The smallest absolute Gasteiger partial charge is 0.376 e. The van der Waals surface area contributed by atoms with Crippen LogP contribution in [0.2, 0.25) is 0 Å². The molecule has 3 unspecified atom stereocenters. The van der Waals surface area contributed by atoms with Gasteiger partial charge in [-0.3, -0.25) is 13.6 Å². The van der Waals surface area contributed by atoms with Gasteiger partial charge in [0.1, 0.15) is 24.4 Å². The van der Waals surface area contributed by atoms with Crippen molar-refractivity contribution < 1.29 is 37.1 Å². The van der Waals surface area contributed by atoms with E-state index in [1.54, 1.807) is 6.92 Å². The summed E-state index contributed by atoms with van der Waals surface area (Å²) in [5.74, 6) is 0. The molecule has 0 saturated carbocycles. The summed E-state index contributed by atoms with van der Waals surface area (Å²) in [6.45, 7) is 2.02. The number of hydrogen-bond acceptors (Lipinski definition) is 8. The third kappa shape index (κ3) is 3.08. The van der Waals surface area contributed by atoms with Gasteiger partial charge in [0.15, 0.2) is 6.29 Å². The van der Waals surface area contributed by atoms with Gasteiger partial charge in [-0.15, -0.1) is 0 Å². The van der Waals surface area contributed by atoms with E-state index in [0.717, 1.165) is 0 Å². The van der Waals surface area contributed by atoms with Crippen LogP contribution in [0.25, 0.3) is 0 Å². The first kappa shape index (κ1) is 16.3. The fourth-order valence-electron chi connectivity index (χ4n) is 2.42. The number of ether oxygens (including phenoxy) is 4. The van der Waals surface area contributed by atoms with Gasteiger partial charge in [0.05, 0.1) is 13.2 Å². The molecule has 20 heavy (non-hydrogen) atoms. The van der Waals surface area contributed by atoms with Gasteiger partial charge in [-0.1, -0.05) is 0 Å². The molecule has 2 heterocycles. The molecule has 9 heteroatoms. The Morgan fingerprint density at radius 1 is 1.15 bits per heavy atom. The van der Waals surface area contributed by atoms with Crippen LogP contribution >= 0.6 is 7.82 Å². The second kappa shape index (κ2) is 6.81.